The van der Waals surface area contributed by atoms with Crippen LogP contribution in [-0.2, 0) is 11.3 Å². The molecule has 24 heavy (non-hydrogen) atoms. The summed E-state index contributed by atoms with van der Waals surface area (Å²) in [6.45, 7) is 7.10. The first-order valence-electron chi connectivity index (χ1n) is 9.03. The lowest BCUT2D eigenvalue weighted by molar-refractivity contribution is -0.127. The minimum absolute atomic E-state index is 0.0266. The van der Waals surface area contributed by atoms with Gasteiger partial charge in [-0.2, -0.15) is 0 Å². The molecule has 2 saturated carbocycles. The Morgan fingerprint density at radius 2 is 2.12 bits per heavy atom. The topological polar surface area (TPSA) is 67.6 Å². The van der Waals surface area contributed by atoms with Crippen molar-refractivity contribution in [1.29, 1.82) is 0 Å². The Morgan fingerprint density at radius 1 is 1.42 bits per heavy atom. The van der Waals surface area contributed by atoms with E-state index in [0.717, 1.165) is 42.9 Å². The Kier molecular flexibility index (Phi) is 4.85. The predicted molar refractivity (Wildman–Crippen MR) is 90.7 cm³/mol. The summed E-state index contributed by atoms with van der Waals surface area (Å²) in [6, 6.07) is 0.206. The summed E-state index contributed by atoms with van der Waals surface area (Å²) in [5.41, 5.74) is 2.00. The highest BCUT2D eigenvalue weighted by atomic mass is 16.5. The molecule has 0 aromatic carbocycles. The van der Waals surface area contributed by atoms with E-state index in [4.69, 9.17) is 9.26 Å². The van der Waals surface area contributed by atoms with E-state index < -0.39 is 0 Å². The summed E-state index contributed by atoms with van der Waals surface area (Å²) in [5.74, 6) is 0.777. The van der Waals surface area contributed by atoms with Crippen LogP contribution >= 0.6 is 0 Å². The minimum atomic E-state index is -0.0266. The minimum Gasteiger partial charge on any atom is -0.378 e. The molecule has 0 unspecified atom stereocenters. The van der Waals surface area contributed by atoms with Crippen molar-refractivity contribution in [2.24, 2.45) is 5.41 Å². The van der Waals surface area contributed by atoms with Gasteiger partial charge in [-0.1, -0.05) is 18.0 Å². The number of hydrogen-bond acceptors (Lipinski definition) is 4. The molecule has 0 aliphatic heterocycles. The standard InChI is InChI=1S/C18H29N3O3/c1-5-23-16-10-15(18(16)8-6-7-9-18)19-17(22)21(4)11-14-12(2)20-24-13(14)3/h15-16H,5-11H2,1-4H3,(H,19,22)/t15-,16-/m1/s1. The molecule has 2 fully saturated rings. The molecule has 0 bridgehead atoms. The Balaban J connectivity index is 1.60. The zero-order chi connectivity index (χ0) is 17.3. The van der Waals surface area contributed by atoms with Crippen molar-refractivity contribution in [3.05, 3.63) is 17.0 Å². The first-order valence-corrected chi connectivity index (χ1v) is 9.03. The molecule has 3 rings (SSSR count). The Morgan fingerprint density at radius 3 is 2.71 bits per heavy atom. The highest BCUT2D eigenvalue weighted by molar-refractivity contribution is 5.74. The van der Waals surface area contributed by atoms with E-state index in [-0.39, 0.29) is 17.5 Å². The number of hydrogen-bond donors (Lipinski definition) is 1. The molecule has 1 aromatic rings. The highest BCUT2D eigenvalue weighted by Crippen LogP contribution is 2.54. The van der Waals surface area contributed by atoms with Gasteiger partial charge in [-0.05, 0) is 40.0 Å². The van der Waals surface area contributed by atoms with Crippen LogP contribution in [0.3, 0.4) is 0 Å². The van der Waals surface area contributed by atoms with Gasteiger partial charge in [0.05, 0.1) is 18.3 Å². The molecular weight excluding hydrogens is 306 g/mol. The molecule has 6 heteroatoms. The summed E-state index contributed by atoms with van der Waals surface area (Å²) in [7, 11) is 1.82. The lowest BCUT2D eigenvalue weighted by Gasteiger charge is -2.54. The van der Waals surface area contributed by atoms with Crippen LogP contribution in [0.2, 0.25) is 0 Å². The maximum Gasteiger partial charge on any atom is 0.317 e. The monoisotopic (exact) mass is 335 g/mol. The van der Waals surface area contributed by atoms with Crippen molar-refractivity contribution in [3.8, 4) is 0 Å². The molecule has 134 valence electrons. The highest BCUT2D eigenvalue weighted by Gasteiger charge is 2.57. The normalized spacial score (nSPS) is 24.8. The second-order valence-corrected chi connectivity index (χ2v) is 7.28. The van der Waals surface area contributed by atoms with E-state index in [1.54, 1.807) is 4.90 Å². The molecule has 1 N–H and O–H groups in total. The predicted octanol–water partition coefficient (Wildman–Crippen LogP) is 3.17. The number of urea groups is 1. The largest absolute Gasteiger partial charge is 0.378 e. The van der Waals surface area contributed by atoms with E-state index in [0.29, 0.717) is 12.6 Å². The fourth-order valence-corrected chi connectivity index (χ4v) is 4.38. The summed E-state index contributed by atoms with van der Waals surface area (Å²) in [5, 5.41) is 7.20. The van der Waals surface area contributed by atoms with Crippen molar-refractivity contribution in [2.75, 3.05) is 13.7 Å². The van der Waals surface area contributed by atoms with Gasteiger partial charge >= 0.3 is 6.03 Å². The van der Waals surface area contributed by atoms with E-state index in [9.17, 15) is 4.79 Å². The third kappa shape index (κ3) is 2.92. The number of ether oxygens (including phenoxy) is 1. The van der Waals surface area contributed by atoms with E-state index >= 15 is 0 Å². The lowest BCUT2D eigenvalue weighted by Crippen LogP contribution is -2.64. The van der Waals surface area contributed by atoms with Gasteiger partial charge in [0.15, 0.2) is 0 Å². The number of aromatic nitrogens is 1. The number of nitrogens with zero attached hydrogens (tertiary/aromatic N) is 2. The molecule has 2 amide bonds. The Labute approximate surface area is 143 Å². The molecule has 2 atom stereocenters. The van der Waals surface area contributed by atoms with Crippen molar-refractivity contribution in [3.63, 3.8) is 0 Å². The quantitative estimate of drug-likeness (QED) is 0.897. The zero-order valence-corrected chi connectivity index (χ0v) is 15.2. The second kappa shape index (κ2) is 6.75. The first-order chi connectivity index (χ1) is 11.5. The Hall–Kier alpha value is -1.56. The second-order valence-electron chi connectivity index (χ2n) is 7.28. The molecular formula is C18H29N3O3. The van der Waals surface area contributed by atoms with E-state index in [1.165, 1.54) is 12.8 Å². The summed E-state index contributed by atoms with van der Waals surface area (Å²) in [6.07, 6.45) is 6.05. The van der Waals surface area contributed by atoms with Gasteiger partial charge < -0.3 is 19.5 Å². The lowest BCUT2D eigenvalue weighted by atomic mass is 9.60. The molecule has 1 aromatic heterocycles. The Bertz CT molecular complexity index is 573. The van der Waals surface area contributed by atoms with Gasteiger partial charge in [-0.25, -0.2) is 4.79 Å². The third-order valence-corrected chi connectivity index (χ3v) is 5.91. The number of aryl methyl sites for hydroxylation is 2. The van der Waals surface area contributed by atoms with Crippen molar-refractivity contribution < 1.29 is 14.1 Å². The number of rotatable bonds is 5. The average molecular weight is 335 g/mol. The molecule has 2 aliphatic carbocycles. The van der Waals surface area contributed by atoms with Crippen molar-refractivity contribution in [1.82, 2.24) is 15.4 Å². The molecule has 0 radical (unpaired) electrons. The van der Waals surface area contributed by atoms with Gasteiger partial charge in [-0.15, -0.1) is 0 Å². The van der Waals surface area contributed by atoms with Crippen LogP contribution in [-0.4, -0.2) is 41.9 Å². The average Bonchev–Trinajstić information content (AvgIpc) is 3.18. The van der Waals surface area contributed by atoms with Crippen LogP contribution in [0.4, 0.5) is 4.79 Å². The van der Waals surface area contributed by atoms with E-state index in [2.05, 4.69) is 10.5 Å². The van der Waals surface area contributed by atoms with E-state index in [1.807, 2.05) is 27.8 Å². The van der Waals surface area contributed by atoms with Gasteiger partial charge in [-0.3, -0.25) is 0 Å². The number of carbonyl (C=O) groups is 1. The zero-order valence-electron chi connectivity index (χ0n) is 15.2. The van der Waals surface area contributed by atoms with Crippen molar-refractivity contribution in [2.45, 2.75) is 71.6 Å². The van der Waals surface area contributed by atoms with Crippen LogP contribution in [0.25, 0.3) is 0 Å². The molecule has 1 spiro atoms. The first kappa shape index (κ1) is 17.3. The molecule has 6 nitrogen and oxygen atoms in total. The van der Waals surface area contributed by atoms with Crippen molar-refractivity contribution >= 4 is 6.03 Å². The van der Waals surface area contributed by atoms with Crippen LogP contribution in [0.1, 0.15) is 56.0 Å². The SMILES string of the molecule is CCO[C@@H]1C[C@@H](NC(=O)N(C)Cc2c(C)noc2C)C12CCCC2. The summed E-state index contributed by atoms with van der Waals surface area (Å²) >= 11 is 0. The number of amides is 2. The molecule has 1 heterocycles. The van der Waals surface area contributed by atoms with Gasteiger partial charge in [0, 0.05) is 30.7 Å². The van der Waals surface area contributed by atoms with Crippen LogP contribution < -0.4 is 5.32 Å². The van der Waals surface area contributed by atoms with Crippen LogP contribution in [0.5, 0.6) is 0 Å². The van der Waals surface area contributed by atoms with Gasteiger partial charge in [0.25, 0.3) is 0 Å². The number of nitrogens with one attached hydrogen (secondary N) is 1. The summed E-state index contributed by atoms with van der Waals surface area (Å²) in [4.78, 5) is 14.3. The molecule has 0 saturated heterocycles. The third-order valence-electron chi connectivity index (χ3n) is 5.91. The van der Waals surface area contributed by atoms with Crippen LogP contribution in [0.15, 0.2) is 4.52 Å². The fraction of sp³-hybridized carbons (Fsp3) is 0.778. The maximum atomic E-state index is 12.6. The smallest absolute Gasteiger partial charge is 0.317 e. The summed E-state index contributed by atoms with van der Waals surface area (Å²) < 4.78 is 11.1. The van der Waals surface area contributed by atoms with Crippen LogP contribution in [0, 0.1) is 19.3 Å². The van der Waals surface area contributed by atoms with Gasteiger partial charge in [0.2, 0.25) is 0 Å². The molecule has 2 aliphatic rings. The van der Waals surface area contributed by atoms with Gasteiger partial charge in [0.1, 0.15) is 5.76 Å². The fourth-order valence-electron chi connectivity index (χ4n) is 4.38. The number of carbonyl (C=O) groups excluding carboxylic acids is 1. The maximum absolute atomic E-state index is 12.6.